The Morgan fingerprint density at radius 3 is 2.92 bits per heavy atom. The Kier molecular flexibility index (Phi) is 2.64. The summed E-state index contributed by atoms with van der Waals surface area (Å²) >= 11 is 0. The fourth-order valence-corrected chi connectivity index (χ4v) is 1.37. The van der Waals surface area contributed by atoms with Gasteiger partial charge in [-0.1, -0.05) is 0 Å². The Hall–Kier alpha value is -0.680. The molecule has 1 rings (SSSR count). The summed E-state index contributed by atoms with van der Waals surface area (Å²) < 4.78 is 10.6. The van der Waals surface area contributed by atoms with Gasteiger partial charge in [0, 0.05) is 7.11 Å². The molecule has 0 spiro atoms. The van der Waals surface area contributed by atoms with Crippen molar-refractivity contribution >= 4 is 0 Å². The predicted octanol–water partition coefficient (Wildman–Crippen LogP) is 0.751. The summed E-state index contributed by atoms with van der Waals surface area (Å²) in [5, 5.41) is 4.28. The van der Waals surface area contributed by atoms with E-state index in [4.69, 9.17) is 9.47 Å². The van der Waals surface area contributed by atoms with Crippen molar-refractivity contribution in [2.24, 2.45) is 5.29 Å². The summed E-state index contributed by atoms with van der Waals surface area (Å²) in [6.07, 6.45) is -0.0265. The van der Waals surface area contributed by atoms with Crippen molar-refractivity contribution in [3.8, 4) is 0 Å². The zero-order valence-corrected chi connectivity index (χ0v) is 7.61. The van der Waals surface area contributed by atoms with E-state index in [9.17, 15) is 4.91 Å². The molecule has 0 saturated carbocycles. The van der Waals surface area contributed by atoms with E-state index < -0.39 is 5.79 Å². The Balaban J connectivity index is 2.62. The molecular weight excluding hydrogens is 160 g/mol. The summed E-state index contributed by atoms with van der Waals surface area (Å²) in [6.45, 7) is 4.59. The molecule has 1 aliphatic rings. The van der Waals surface area contributed by atoms with Gasteiger partial charge in [-0.05, 0) is 13.8 Å². The van der Waals surface area contributed by atoms with Gasteiger partial charge in [-0.2, -0.15) is 0 Å². The Bertz CT molecular complexity index is 176. The summed E-state index contributed by atoms with van der Waals surface area (Å²) in [4.78, 5) is 10.3. The molecule has 2 unspecified atom stereocenters. The molecule has 0 aromatic heterocycles. The van der Waals surface area contributed by atoms with E-state index in [-0.39, 0.29) is 6.10 Å². The molecule has 0 radical (unpaired) electrons. The number of nitrogens with zero attached hydrogens (tertiary/aromatic N) is 2. The van der Waals surface area contributed by atoms with Crippen molar-refractivity contribution < 1.29 is 9.47 Å². The minimum Gasteiger partial charge on any atom is -0.352 e. The van der Waals surface area contributed by atoms with Crippen LogP contribution in [0.3, 0.4) is 0 Å². The zero-order chi connectivity index (χ0) is 9.19. The summed E-state index contributed by atoms with van der Waals surface area (Å²) in [5.74, 6) is -0.703. The van der Waals surface area contributed by atoms with Gasteiger partial charge in [-0.3, -0.25) is 5.01 Å². The number of hydrogen-bond donors (Lipinski definition) is 0. The summed E-state index contributed by atoms with van der Waals surface area (Å²) in [6, 6.07) is 0. The fraction of sp³-hybridized carbons (Fsp3) is 1.00. The van der Waals surface area contributed by atoms with Gasteiger partial charge in [-0.15, -0.1) is 4.91 Å². The second kappa shape index (κ2) is 3.37. The second-order valence-corrected chi connectivity index (χ2v) is 3.20. The maximum absolute atomic E-state index is 10.3. The average Bonchev–Trinajstić information content (AvgIpc) is 2.03. The number of hydrogen-bond acceptors (Lipinski definition) is 4. The lowest BCUT2D eigenvalue weighted by Crippen LogP contribution is -2.52. The molecular formula is C7H14N2O3. The normalized spacial score (nSPS) is 36.6. The van der Waals surface area contributed by atoms with Crippen LogP contribution in [-0.4, -0.2) is 37.1 Å². The van der Waals surface area contributed by atoms with Gasteiger partial charge in [0.15, 0.2) is 5.79 Å². The third kappa shape index (κ3) is 1.92. The van der Waals surface area contributed by atoms with Crippen molar-refractivity contribution in [3.63, 3.8) is 0 Å². The van der Waals surface area contributed by atoms with Crippen molar-refractivity contribution in [1.82, 2.24) is 5.01 Å². The average molecular weight is 174 g/mol. The molecule has 5 nitrogen and oxygen atoms in total. The standard InChI is InChI=1S/C7H14N2O3/c1-6-4-9(8-10)5-7(2,11-3)12-6/h6H,4-5H2,1-3H3. The smallest absolute Gasteiger partial charge is 0.184 e. The van der Waals surface area contributed by atoms with E-state index in [0.717, 1.165) is 0 Å². The first-order chi connectivity index (χ1) is 5.59. The lowest BCUT2D eigenvalue weighted by atomic mass is 10.2. The number of ether oxygens (including phenoxy) is 2. The molecule has 2 atom stereocenters. The Morgan fingerprint density at radius 1 is 1.75 bits per heavy atom. The van der Waals surface area contributed by atoms with Crippen LogP contribution in [0.25, 0.3) is 0 Å². The van der Waals surface area contributed by atoms with Crippen LogP contribution < -0.4 is 0 Å². The minimum atomic E-state index is -0.703. The Morgan fingerprint density at radius 2 is 2.42 bits per heavy atom. The first kappa shape index (κ1) is 9.41. The third-order valence-electron chi connectivity index (χ3n) is 1.94. The highest BCUT2D eigenvalue weighted by atomic mass is 16.7. The minimum absolute atomic E-state index is 0.0265. The van der Waals surface area contributed by atoms with Gasteiger partial charge in [0.2, 0.25) is 0 Å². The first-order valence-corrected chi connectivity index (χ1v) is 3.91. The number of nitroso groups, excluding NO2 is 1. The molecule has 1 saturated heterocycles. The SMILES string of the molecule is COC1(C)CN(N=O)CC(C)O1. The molecule has 70 valence electrons. The lowest BCUT2D eigenvalue weighted by Gasteiger charge is -2.39. The van der Waals surface area contributed by atoms with E-state index in [1.165, 1.54) is 5.01 Å². The predicted molar refractivity (Wildman–Crippen MR) is 43.3 cm³/mol. The number of methoxy groups -OCH3 is 1. The molecule has 0 aliphatic carbocycles. The number of rotatable bonds is 2. The van der Waals surface area contributed by atoms with Crippen molar-refractivity contribution in [2.45, 2.75) is 25.7 Å². The van der Waals surface area contributed by atoms with Crippen LogP contribution in [-0.2, 0) is 9.47 Å². The van der Waals surface area contributed by atoms with Crippen molar-refractivity contribution in [2.75, 3.05) is 20.2 Å². The van der Waals surface area contributed by atoms with E-state index in [2.05, 4.69) is 5.29 Å². The quantitative estimate of drug-likeness (QED) is 0.580. The second-order valence-electron chi connectivity index (χ2n) is 3.20. The van der Waals surface area contributed by atoms with Crippen LogP contribution in [0.2, 0.25) is 0 Å². The molecule has 0 amide bonds. The monoisotopic (exact) mass is 174 g/mol. The maximum Gasteiger partial charge on any atom is 0.184 e. The maximum atomic E-state index is 10.3. The first-order valence-electron chi connectivity index (χ1n) is 3.91. The van der Waals surface area contributed by atoms with Crippen LogP contribution in [0.4, 0.5) is 0 Å². The van der Waals surface area contributed by atoms with Crippen LogP contribution in [0, 0.1) is 4.91 Å². The van der Waals surface area contributed by atoms with Crippen molar-refractivity contribution in [3.05, 3.63) is 4.91 Å². The highest BCUT2D eigenvalue weighted by Gasteiger charge is 2.35. The van der Waals surface area contributed by atoms with E-state index >= 15 is 0 Å². The highest BCUT2D eigenvalue weighted by molar-refractivity contribution is 4.76. The van der Waals surface area contributed by atoms with Gasteiger partial charge in [0.25, 0.3) is 0 Å². The molecule has 1 fully saturated rings. The highest BCUT2D eigenvalue weighted by Crippen LogP contribution is 2.21. The molecule has 0 N–H and O–H groups in total. The van der Waals surface area contributed by atoms with Gasteiger partial charge < -0.3 is 9.47 Å². The zero-order valence-electron chi connectivity index (χ0n) is 7.61. The van der Waals surface area contributed by atoms with E-state index in [1.54, 1.807) is 14.0 Å². The molecule has 5 heteroatoms. The molecule has 0 bridgehead atoms. The van der Waals surface area contributed by atoms with Gasteiger partial charge in [-0.25, -0.2) is 0 Å². The molecule has 1 heterocycles. The molecule has 1 aliphatic heterocycles. The van der Waals surface area contributed by atoms with Crippen LogP contribution in [0.1, 0.15) is 13.8 Å². The summed E-state index contributed by atoms with van der Waals surface area (Å²) in [7, 11) is 1.56. The molecule has 0 aromatic rings. The third-order valence-corrected chi connectivity index (χ3v) is 1.94. The summed E-state index contributed by atoms with van der Waals surface area (Å²) in [5.41, 5.74) is 0. The van der Waals surface area contributed by atoms with Crippen LogP contribution in [0.15, 0.2) is 5.29 Å². The van der Waals surface area contributed by atoms with Gasteiger partial charge in [0.05, 0.1) is 24.5 Å². The number of morpholine rings is 1. The Labute approximate surface area is 71.6 Å². The molecule has 0 aromatic carbocycles. The van der Waals surface area contributed by atoms with E-state index in [0.29, 0.717) is 13.1 Å². The van der Waals surface area contributed by atoms with Crippen LogP contribution >= 0.6 is 0 Å². The van der Waals surface area contributed by atoms with Crippen LogP contribution in [0.5, 0.6) is 0 Å². The van der Waals surface area contributed by atoms with Gasteiger partial charge >= 0.3 is 0 Å². The van der Waals surface area contributed by atoms with E-state index in [1.807, 2.05) is 6.92 Å². The molecule has 12 heavy (non-hydrogen) atoms. The fourth-order valence-electron chi connectivity index (χ4n) is 1.37. The largest absolute Gasteiger partial charge is 0.352 e. The van der Waals surface area contributed by atoms with Crippen molar-refractivity contribution in [1.29, 1.82) is 0 Å². The van der Waals surface area contributed by atoms with Gasteiger partial charge in [0.1, 0.15) is 0 Å². The topological polar surface area (TPSA) is 51.1 Å². The lowest BCUT2D eigenvalue weighted by molar-refractivity contribution is -0.266.